The summed E-state index contributed by atoms with van der Waals surface area (Å²) in [4.78, 5) is 28.0. The fourth-order valence-corrected chi connectivity index (χ4v) is 4.72. The van der Waals surface area contributed by atoms with E-state index in [4.69, 9.17) is 17.0 Å². The van der Waals surface area contributed by atoms with Gasteiger partial charge in [0.25, 0.3) is 5.91 Å². The molecule has 0 bridgehead atoms. The van der Waals surface area contributed by atoms with Crippen LogP contribution in [0.4, 0.5) is 0 Å². The predicted octanol–water partition coefficient (Wildman–Crippen LogP) is 4.18. The summed E-state index contributed by atoms with van der Waals surface area (Å²) in [5.74, 6) is -0.770. The number of hydrogen-bond acceptors (Lipinski definition) is 5. The van der Waals surface area contributed by atoms with Gasteiger partial charge in [-0.05, 0) is 65.8 Å². The van der Waals surface area contributed by atoms with Gasteiger partial charge in [0, 0.05) is 16.2 Å². The second kappa shape index (κ2) is 9.33. The number of carbonyl (C=O) groups is 2. The maximum atomic E-state index is 13.0. The number of nitrogens with one attached hydrogen (secondary N) is 1. The largest absolute Gasteiger partial charge is 0.497 e. The molecule has 1 atom stereocenters. The minimum Gasteiger partial charge on any atom is -0.497 e. The van der Waals surface area contributed by atoms with Gasteiger partial charge in [0.1, 0.15) is 17.5 Å². The summed E-state index contributed by atoms with van der Waals surface area (Å²) in [5, 5.41) is 12.7. The summed E-state index contributed by atoms with van der Waals surface area (Å²) in [7, 11) is 1.62. The Kier molecular flexibility index (Phi) is 6.34. The lowest BCUT2D eigenvalue weighted by Crippen LogP contribution is -2.46. The van der Waals surface area contributed by atoms with Crippen molar-refractivity contribution in [2.24, 2.45) is 0 Å². The van der Waals surface area contributed by atoms with Crippen molar-refractivity contribution in [3.05, 3.63) is 82.9 Å². The van der Waals surface area contributed by atoms with Gasteiger partial charge in [-0.15, -0.1) is 11.3 Å². The molecule has 1 aliphatic heterocycles. The average Bonchev–Trinajstić information content (AvgIpc) is 3.37. The van der Waals surface area contributed by atoms with Gasteiger partial charge in [0.2, 0.25) is 0 Å². The van der Waals surface area contributed by atoms with Gasteiger partial charge >= 0.3 is 5.97 Å². The van der Waals surface area contributed by atoms with Crippen molar-refractivity contribution in [1.82, 2.24) is 10.2 Å². The molecule has 2 heterocycles. The molecule has 4 rings (SSSR count). The number of ether oxygens (including phenoxy) is 1. The van der Waals surface area contributed by atoms with E-state index in [1.807, 2.05) is 66.7 Å². The van der Waals surface area contributed by atoms with Crippen LogP contribution in [0.15, 0.2) is 72.4 Å². The van der Waals surface area contributed by atoms with Crippen LogP contribution < -0.4 is 10.1 Å². The highest BCUT2D eigenvalue weighted by molar-refractivity contribution is 7.80. The van der Waals surface area contributed by atoms with E-state index < -0.39 is 17.9 Å². The van der Waals surface area contributed by atoms with Crippen LogP contribution in [-0.4, -0.2) is 40.1 Å². The lowest BCUT2D eigenvalue weighted by atomic mass is 10.0. The third-order valence-electron chi connectivity index (χ3n) is 5.07. The van der Waals surface area contributed by atoms with E-state index in [-0.39, 0.29) is 17.2 Å². The highest BCUT2D eigenvalue weighted by atomic mass is 32.1. The van der Waals surface area contributed by atoms with Crippen LogP contribution in [0.3, 0.4) is 0 Å². The summed E-state index contributed by atoms with van der Waals surface area (Å²) < 4.78 is 5.19. The van der Waals surface area contributed by atoms with E-state index in [0.29, 0.717) is 0 Å². The van der Waals surface area contributed by atoms with Crippen LogP contribution in [0.2, 0.25) is 0 Å². The smallest absolute Gasteiger partial charge is 0.327 e. The number of hydrogen-bond donors (Lipinski definition) is 2. The number of carbonyl (C=O) groups excluding carboxylic acids is 1. The summed E-state index contributed by atoms with van der Waals surface area (Å²) in [6, 6.07) is 19.7. The Hall–Kier alpha value is -3.49. The molecule has 162 valence electrons. The Morgan fingerprint density at radius 3 is 2.53 bits per heavy atom. The number of thiophene rings is 1. The molecular formula is C24H20N2O4S2. The molecule has 3 aromatic rings. The summed E-state index contributed by atoms with van der Waals surface area (Å²) >= 11 is 6.83. The number of carboxylic acid groups (broad SMARTS) is 1. The first-order valence-electron chi connectivity index (χ1n) is 9.83. The van der Waals surface area contributed by atoms with Gasteiger partial charge in [-0.25, -0.2) is 4.79 Å². The quantitative estimate of drug-likeness (QED) is 0.404. The number of rotatable bonds is 7. The fraction of sp³-hybridized carbons (Fsp3) is 0.125. The first-order valence-corrected chi connectivity index (χ1v) is 11.1. The molecule has 1 unspecified atom stereocenters. The zero-order valence-electron chi connectivity index (χ0n) is 17.1. The molecule has 0 aliphatic carbocycles. The minimum atomic E-state index is -1.11. The molecule has 8 heteroatoms. The molecule has 0 saturated carbocycles. The monoisotopic (exact) mass is 464 g/mol. The number of amides is 1. The van der Waals surface area contributed by atoms with E-state index in [1.165, 1.54) is 11.3 Å². The number of thiocarbonyl (C=S) groups is 1. The lowest BCUT2D eigenvalue weighted by Gasteiger charge is -2.22. The molecule has 1 fully saturated rings. The van der Waals surface area contributed by atoms with Crippen LogP contribution >= 0.6 is 23.6 Å². The third-order valence-corrected chi connectivity index (χ3v) is 6.45. The Bertz CT molecular complexity index is 1190. The molecule has 2 N–H and O–H groups in total. The lowest BCUT2D eigenvalue weighted by molar-refractivity contribution is -0.145. The van der Waals surface area contributed by atoms with Gasteiger partial charge in [-0.1, -0.05) is 30.3 Å². The second-order valence-corrected chi connectivity index (χ2v) is 8.64. The maximum absolute atomic E-state index is 13.0. The molecule has 2 aromatic carbocycles. The number of nitrogens with zero attached hydrogens (tertiary/aromatic N) is 1. The van der Waals surface area contributed by atoms with Crippen LogP contribution in [0, 0.1) is 0 Å². The standard InChI is InChI=1S/C24H20N2O4S2/c1-30-17-9-7-16(8-10-17)21-12-11-18(32-21)14-19-22(27)26(24(31)25-19)20(23(28)29)13-15-5-3-2-4-6-15/h2-12,14,20H,13H2,1H3,(H,25,31)(H,28,29)/b19-14+. The van der Waals surface area contributed by atoms with Crippen molar-refractivity contribution in [2.75, 3.05) is 7.11 Å². The molecule has 1 aromatic heterocycles. The molecule has 1 aliphatic rings. The topological polar surface area (TPSA) is 78.9 Å². The van der Waals surface area contributed by atoms with Crippen molar-refractivity contribution in [3.63, 3.8) is 0 Å². The summed E-state index contributed by atoms with van der Waals surface area (Å²) in [6.07, 6.45) is 1.87. The fourth-order valence-electron chi connectivity index (χ4n) is 3.44. The zero-order valence-corrected chi connectivity index (χ0v) is 18.8. The van der Waals surface area contributed by atoms with Crippen molar-refractivity contribution < 1.29 is 19.4 Å². The van der Waals surface area contributed by atoms with E-state index >= 15 is 0 Å². The first kappa shape index (κ1) is 21.7. The van der Waals surface area contributed by atoms with Gasteiger partial charge in [-0.3, -0.25) is 9.69 Å². The van der Waals surface area contributed by atoms with E-state index in [2.05, 4.69) is 5.32 Å². The first-order chi connectivity index (χ1) is 15.5. The molecule has 32 heavy (non-hydrogen) atoms. The Morgan fingerprint density at radius 1 is 1.16 bits per heavy atom. The summed E-state index contributed by atoms with van der Waals surface area (Å²) in [6.45, 7) is 0. The molecule has 6 nitrogen and oxygen atoms in total. The van der Waals surface area contributed by atoms with E-state index in [0.717, 1.165) is 31.5 Å². The van der Waals surface area contributed by atoms with Gasteiger partial charge in [-0.2, -0.15) is 0 Å². The van der Waals surface area contributed by atoms with Gasteiger partial charge in [0.15, 0.2) is 5.11 Å². The number of carboxylic acids is 1. The van der Waals surface area contributed by atoms with Crippen molar-refractivity contribution in [3.8, 4) is 16.2 Å². The summed E-state index contributed by atoms with van der Waals surface area (Å²) in [5.41, 5.74) is 2.12. The highest BCUT2D eigenvalue weighted by Crippen LogP contribution is 2.31. The van der Waals surface area contributed by atoms with Crippen LogP contribution in [-0.2, 0) is 16.0 Å². The third kappa shape index (κ3) is 4.56. The average molecular weight is 465 g/mol. The normalized spacial score (nSPS) is 15.7. The van der Waals surface area contributed by atoms with Crippen molar-refractivity contribution in [1.29, 1.82) is 0 Å². The number of methoxy groups -OCH3 is 1. The van der Waals surface area contributed by atoms with Crippen molar-refractivity contribution in [2.45, 2.75) is 12.5 Å². The maximum Gasteiger partial charge on any atom is 0.327 e. The predicted molar refractivity (Wildman–Crippen MR) is 128 cm³/mol. The molecule has 1 saturated heterocycles. The van der Waals surface area contributed by atoms with Crippen LogP contribution in [0.25, 0.3) is 16.5 Å². The number of aliphatic carboxylic acids is 1. The van der Waals surface area contributed by atoms with Crippen LogP contribution in [0.5, 0.6) is 5.75 Å². The molecule has 1 amide bonds. The number of benzene rings is 2. The Balaban J connectivity index is 1.55. The molecular weight excluding hydrogens is 444 g/mol. The SMILES string of the molecule is COc1ccc(-c2ccc(/C=C3/NC(=S)N(C(Cc4ccccc4)C(=O)O)C3=O)s2)cc1. The minimum absolute atomic E-state index is 0.0940. The van der Waals surface area contributed by atoms with Crippen LogP contribution in [0.1, 0.15) is 10.4 Å². The molecule has 0 radical (unpaired) electrons. The molecule has 0 spiro atoms. The van der Waals surface area contributed by atoms with Gasteiger partial charge < -0.3 is 15.2 Å². The van der Waals surface area contributed by atoms with Crippen molar-refractivity contribution >= 4 is 46.6 Å². The van der Waals surface area contributed by atoms with E-state index in [1.54, 1.807) is 13.2 Å². The Labute approximate surface area is 194 Å². The highest BCUT2D eigenvalue weighted by Gasteiger charge is 2.39. The van der Waals surface area contributed by atoms with Gasteiger partial charge in [0.05, 0.1) is 7.11 Å². The Morgan fingerprint density at radius 2 is 1.88 bits per heavy atom. The van der Waals surface area contributed by atoms with E-state index in [9.17, 15) is 14.7 Å². The zero-order chi connectivity index (χ0) is 22.7. The second-order valence-electron chi connectivity index (χ2n) is 7.14.